The van der Waals surface area contributed by atoms with Crippen molar-refractivity contribution in [3.8, 4) is 0 Å². The molecule has 0 aliphatic carbocycles. The Kier molecular flexibility index (Phi) is 4.80. The van der Waals surface area contributed by atoms with Crippen LogP contribution >= 0.6 is 0 Å². The Bertz CT molecular complexity index is 544. The third kappa shape index (κ3) is 3.72. The summed E-state index contributed by atoms with van der Waals surface area (Å²) in [7, 11) is 1.66. The van der Waals surface area contributed by atoms with E-state index in [0.717, 1.165) is 6.42 Å². The fourth-order valence-corrected chi connectivity index (χ4v) is 2.52. The number of aryl methyl sites for hydroxylation is 1. The Hall–Kier alpha value is -2.08. The van der Waals surface area contributed by atoms with Crippen LogP contribution < -0.4 is 5.32 Å². The first-order chi connectivity index (χ1) is 10.0. The molecule has 2 N–H and O–H groups in total. The maximum absolute atomic E-state index is 12.2. The molecular formula is C15H20N2O4. The quantitative estimate of drug-likeness (QED) is 0.891. The minimum Gasteiger partial charge on any atom is -0.478 e. The number of nitrogens with one attached hydrogen (secondary N) is 1. The number of hydrogen-bond acceptors (Lipinski definition) is 3. The van der Waals surface area contributed by atoms with Crippen molar-refractivity contribution in [2.24, 2.45) is 5.92 Å². The van der Waals surface area contributed by atoms with Gasteiger partial charge in [-0.1, -0.05) is 6.07 Å². The summed E-state index contributed by atoms with van der Waals surface area (Å²) in [6.45, 7) is 3.73. The van der Waals surface area contributed by atoms with Gasteiger partial charge in [0.25, 0.3) is 0 Å². The predicted octanol–water partition coefficient (Wildman–Crippen LogP) is 2.19. The van der Waals surface area contributed by atoms with Gasteiger partial charge in [0.2, 0.25) is 0 Å². The van der Waals surface area contributed by atoms with Crippen molar-refractivity contribution in [3.05, 3.63) is 29.3 Å². The van der Waals surface area contributed by atoms with Crippen molar-refractivity contribution in [2.45, 2.75) is 13.3 Å². The largest absolute Gasteiger partial charge is 0.478 e. The molecule has 6 heteroatoms. The van der Waals surface area contributed by atoms with Gasteiger partial charge in [0.05, 0.1) is 12.2 Å². The van der Waals surface area contributed by atoms with E-state index in [9.17, 15) is 9.59 Å². The van der Waals surface area contributed by atoms with E-state index in [0.29, 0.717) is 36.9 Å². The molecule has 114 valence electrons. The maximum Gasteiger partial charge on any atom is 0.336 e. The summed E-state index contributed by atoms with van der Waals surface area (Å²) in [4.78, 5) is 25.0. The van der Waals surface area contributed by atoms with Crippen molar-refractivity contribution in [2.75, 3.05) is 32.1 Å². The number of urea groups is 1. The number of likely N-dealkylation sites (tertiary alicyclic amines) is 1. The number of anilines is 1. The molecule has 1 fully saturated rings. The number of methoxy groups -OCH3 is 1. The van der Waals surface area contributed by atoms with Gasteiger partial charge in [-0.25, -0.2) is 9.59 Å². The van der Waals surface area contributed by atoms with E-state index in [4.69, 9.17) is 9.84 Å². The molecule has 21 heavy (non-hydrogen) atoms. The lowest BCUT2D eigenvalue weighted by atomic mass is 10.1. The topological polar surface area (TPSA) is 78.9 Å². The Morgan fingerprint density at radius 2 is 2.24 bits per heavy atom. The van der Waals surface area contributed by atoms with E-state index >= 15 is 0 Å². The van der Waals surface area contributed by atoms with Crippen molar-refractivity contribution in [1.29, 1.82) is 0 Å². The smallest absolute Gasteiger partial charge is 0.336 e. The average Bonchev–Trinajstić information content (AvgIpc) is 2.90. The van der Waals surface area contributed by atoms with Crippen molar-refractivity contribution in [3.63, 3.8) is 0 Å². The Morgan fingerprint density at radius 3 is 2.90 bits per heavy atom. The molecule has 0 radical (unpaired) electrons. The van der Waals surface area contributed by atoms with Crippen LogP contribution in [0.25, 0.3) is 0 Å². The van der Waals surface area contributed by atoms with Crippen LogP contribution in [-0.2, 0) is 4.74 Å². The number of amides is 2. The van der Waals surface area contributed by atoms with Crippen LogP contribution in [0.15, 0.2) is 18.2 Å². The number of carbonyl (C=O) groups is 2. The van der Waals surface area contributed by atoms with Gasteiger partial charge in [-0.2, -0.15) is 0 Å². The second-order valence-electron chi connectivity index (χ2n) is 5.32. The molecule has 1 saturated heterocycles. The van der Waals surface area contributed by atoms with Gasteiger partial charge in [-0.05, 0) is 31.0 Å². The van der Waals surface area contributed by atoms with Crippen LogP contribution in [-0.4, -0.2) is 48.8 Å². The second kappa shape index (κ2) is 6.58. The normalized spacial score (nSPS) is 17.8. The van der Waals surface area contributed by atoms with Crippen LogP contribution in [0.3, 0.4) is 0 Å². The first-order valence-electron chi connectivity index (χ1n) is 6.90. The highest BCUT2D eigenvalue weighted by Gasteiger charge is 2.26. The van der Waals surface area contributed by atoms with Crippen molar-refractivity contribution in [1.82, 2.24) is 4.90 Å². The highest BCUT2D eigenvalue weighted by molar-refractivity contribution is 5.94. The number of hydrogen-bond donors (Lipinski definition) is 2. The summed E-state index contributed by atoms with van der Waals surface area (Å²) in [5.74, 6) is -0.627. The molecule has 0 saturated carbocycles. The van der Waals surface area contributed by atoms with E-state index < -0.39 is 5.97 Å². The Labute approximate surface area is 123 Å². The second-order valence-corrected chi connectivity index (χ2v) is 5.32. The summed E-state index contributed by atoms with van der Waals surface area (Å²) in [6, 6.07) is 4.69. The summed E-state index contributed by atoms with van der Waals surface area (Å²) in [6.07, 6.45) is 0.926. The van der Waals surface area contributed by atoms with Gasteiger partial charge < -0.3 is 20.1 Å². The zero-order chi connectivity index (χ0) is 15.4. The molecule has 2 amide bonds. The monoisotopic (exact) mass is 292 g/mol. The molecule has 1 atom stereocenters. The minimum atomic E-state index is -0.995. The van der Waals surface area contributed by atoms with E-state index in [2.05, 4.69) is 5.32 Å². The molecule has 2 rings (SSSR count). The maximum atomic E-state index is 12.2. The molecule has 1 aliphatic rings. The predicted molar refractivity (Wildman–Crippen MR) is 78.7 cm³/mol. The van der Waals surface area contributed by atoms with Crippen LogP contribution in [0.2, 0.25) is 0 Å². The highest BCUT2D eigenvalue weighted by atomic mass is 16.5. The number of benzene rings is 1. The molecule has 1 aromatic rings. The third-order valence-electron chi connectivity index (χ3n) is 3.69. The van der Waals surface area contributed by atoms with Crippen LogP contribution in [0.5, 0.6) is 0 Å². The number of ether oxygens (including phenoxy) is 1. The van der Waals surface area contributed by atoms with Gasteiger partial charge in [0.1, 0.15) is 0 Å². The zero-order valence-corrected chi connectivity index (χ0v) is 12.3. The lowest BCUT2D eigenvalue weighted by molar-refractivity contribution is 0.0696. The first-order valence-corrected chi connectivity index (χ1v) is 6.90. The van der Waals surface area contributed by atoms with Crippen molar-refractivity contribution < 1.29 is 19.4 Å². The highest BCUT2D eigenvalue weighted by Crippen LogP contribution is 2.19. The minimum absolute atomic E-state index is 0.200. The van der Waals surface area contributed by atoms with Crippen LogP contribution in [0.4, 0.5) is 10.5 Å². The van der Waals surface area contributed by atoms with Crippen LogP contribution in [0.1, 0.15) is 22.3 Å². The third-order valence-corrected chi connectivity index (χ3v) is 3.69. The van der Waals surface area contributed by atoms with E-state index in [-0.39, 0.29) is 11.6 Å². The summed E-state index contributed by atoms with van der Waals surface area (Å²) < 4.78 is 5.10. The molecule has 0 bridgehead atoms. The molecule has 6 nitrogen and oxygen atoms in total. The van der Waals surface area contributed by atoms with Crippen molar-refractivity contribution >= 4 is 17.7 Å². The van der Waals surface area contributed by atoms with E-state index in [1.165, 1.54) is 6.07 Å². The van der Waals surface area contributed by atoms with Gasteiger partial charge >= 0.3 is 12.0 Å². The summed E-state index contributed by atoms with van der Waals surface area (Å²) >= 11 is 0. The summed E-state index contributed by atoms with van der Waals surface area (Å²) in [5.41, 5.74) is 1.37. The number of nitrogens with zero attached hydrogens (tertiary/aromatic N) is 1. The Morgan fingerprint density at radius 1 is 1.48 bits per heavy atom. The lowest BCUT2D eigenvalue weighted by Crippen LogP contribution is -2.33. The molecule has 0 spiro atoms. The molecule has 1 aliphatic heterocycles. The van der Waals surface area contributed by atoms with Gasteiger partial charge in [0.15, 0.2) is 0 Å². The lowest BCUT2D eigenvalue weighted by Gasteiger charge is -2.17. The number of rotatable bonds is 4. The number of carboxylic acids is 1. The zero-order valence-electron chi connectivity index (χ0n) is 12.3. The number of carbonyl (C=O) groups excluding carboxylic acids is 1. The molecular weight excluding hydrogens is 272 g/mol. The number of aromatic carboxylic acids is 1. The van der Waals surface area contributed by atoms with E-state index in [1.54, 1.807) is 31.1 Å². The van der Waals surface area contributed by atoms with Gasteiger partial charge in [0, 0.05) is 31.8 Å². The molecule has 1 aromatic carbocycles. The first kappa shape index (κ1) is 15.3. The average molecular weight is 292 g/mol. The summed E-state index contributed by atoms with van der Waals surface area (Å²) in [5, 5.41) is 11.8. The SMILES string of the molecule is COCC1CCN(C(=O)Nc2ccc(C)c(C(=O)O)c2)C1. The fraction of sp³-hybridized carbons (Fsp3) is 0.467. The fourth-order valence-electron chi connectivity index (χ4n) is 2.52. The number of carboxylic acid groups (broad SMARTS) is 1. The molecule has 0 aromatic heterocycles. The van der Waals surface area contributed by atoms with Gasteiger partial charge in [-0.15, -0.1) is 0 Å². The Balaban J connectivity index is 2.00. The molecule has 1 unspecified atom stereocenters. The van der Waals surface area contributed by atoms with E-state index in [1.807, 2.05) is 0 Å². The molecule has 1 heterocycles. The van der Waals surface area contributed by atoms with Crippen LogP contribution in [0, 0.1) is 12.8 Å². The van der Waals surface area contributed by atoms with Gasteiger partial charge in [-0.3, -0.25) is 0 Å². The standard InChI is InChI=1S/C15H20N2O4/c1-10-3-4-12(7-13(10)14(18)19)16-15(20)17-6-5-11(8-17)9-21-2/h3-4,7,11H,5-6,8-9H2,1-2H3,(H,16,20)(H,18,19).